The predicted octanol–water partition coefficient (Wildman–Crippen LogP) is 0.616. The largest absolute Gasteiger partial charge is 0.399 e. The molecule has 28 heavy (non-hydrogen) atoms. The summed E-state index contributed by atoms with van der Waals surface area (Å²) in [4.78, 5) is 39.4. The second-order valence-electron chi connectivity index (χ2n) is 6.69. The maximum absolute atomic E-state index is 12.3. The van der Waals surface area contributed by atoms with Gasteiger partial charge < -0.3 is 21.7 Å². The van der Waals surface area contributed by atoms with Crippen molar-refractivity contribution in [2.45, 2.75) is 26.7 Å². The maximum atomic E-state index is 12.3. The highest BCUT2D eigenvalue weighted by Crippen LogP contribution is 2.30. The molecule has 0 spiro atoms. The van der Waals surface area contributed by atoms with Crippen molar-refractivity contribution < 1.29 is 14.4 Å². The second kappa shape index (κ2) is 9.07. The molecule has 3 amide bonds. The SMILES string of the molecule is C/C=C/C=C(C)/C(N)=C/C=C(\N)NC(=O)CN1CCCC2=C1C(=O)N(C)C2=O. The van der Waals surface area contributed by atoms with Crippen molar-refractivity contribution in [3.63, 3.8) is 0 Å². The van der Waals surface area contributed by atoms with Crippen LogP contribution in [0.1, 0.15) is 26.7 Å². The van der Waals surface area contributed by atoms with E-state index in [-0.39, 0.29) is 30.1 Å². The lowest BCUT2D eigenvalue weighted by Gasteiger charge is -2.28. The molecule has 5 N–H and O–H groups in total. The van der Waals surface area contributed by atoms with Gasteiger partial charge in [-0.3, -0.25) is 19.3 Å². The molecule has 0 atom stereocenters. The Morgan fingerprint density at radius 1 is 1.18 bits per heavy atom. The molecule has 0 fully saturated rings. The summed E-state index contributed by atoms with van der Waals surface area (Å²) in [6, 6.07) is 0. The Bertz CT molecular complexity index is 833. The highest BCUT2D eigenvalue weighted by atomic mass is 16.2. The number of hydrogen-bond donors (Lipinski definition) is 3. The predicted molar refractivity (Wildman–Crippen MR) is 107 cm³/mol. The number of allylic oxidation sites excluding steroid dienone is 6. The summed E-state index contributed by atoms with van der Waals surface area (Å²) in [5.41, 5.74) is 14.0. The number of imide groups is 1. The highest BCUT2D eigenvalue weighted by molar-refractivity contribution is 6.19. The van der Waals surface area contributed by atoms with Gasteiger partial charge in [-0.1, -0.05) is 18.2 Å². The van der Waals surface area contributed by atoms with E-state index in [4.69, 9.17) is 11.5 Å². The zero-order valence-corrected chi connectivity index (χ0v) is 16.5. The number of nitrogens with two attached hydrogens (primary N) is 2. The fourth-order valence-electron chi connectivity index (χ4n) is 3.02. The molecular formula is C20H27N5O3. The van der Waals surface area contributed by atoms with Crippen molar-refractivity contribution >= 4 is 17.7 Å². The van der Waals surface area contributed by atoms with Crippen molar-refractivity contribution in [3.05, 3.63) is 58.7 Å². The number of carbonyl (C=O) groups is 3. The first kappa shape index (κ1) is 21.0. The van der Waals surface area contributed by atoms with Gasteiger partial charge in [-0.05, 0) is 44.4 Å². The third-order valence-electron chi connectivity index (χ3n) is 4.58. The Labute approximate surface area is 164 Å². The van der Waals surface area contributed by atoms with E-state index in [0.717, 1.165) is 10.5 Å². The van der Waals surface area contributed by atoms with Gasteiger partial charge in [0.1, 0.15) is 11.5 Å². The minimum Gasteiger partial charge on any atom is -0.399 e. The summed E-state index contributed by atoms with van der Waals surface area (Å²) in [7, 11) is 1.45. The zero-order chi connectivity index (χ0) is 20.8. The topological polar surface area (TPSA) is 122 Å². The monoisotopic (exact) mass is 385 g/mol. The molecule has 0 unspecified atom stereocenters. The summed E-state index contributed by atoms with van der Waals surface area (Å²) in [6.07, 6.45) is 10.0. The van der Waals surface area contributed by atoms with E-state index in [1.54, 1.807) is 11.0 Å². The molecule has 0 aromatic heterocycles. The number of nitrogens with one attached hydrogen (secondary N) is 1. The minimum atomic E-state index is -0.370. The number of rotatable bonds is 6. The first-order chi connectivity index (χ1) is 13.3. The van der Waals surface area contributed by atoms with E-state index in [0.29, 0.717) is 36.4 Å². The maximum Gasteiger partial charge on any atom is 0.277 e. The van der Waals surface area contributed by atoms with Crippen molar-refractivity contribution in [1.29, 1.82) is 0 Å². The van der Waals surface area contributed by atoms with E-state index < -0.39 is 0 Å². The number of hydrogen-bond acceptors (Lipinski definition) is 6. The third-order valence-corrected chi connectivity index (χ3v) is 4.58. The van der Waals surface area contributed by atoms with Crippen LogP contribution in [0.3, 0.4) is 0 Å². The van der Waals surface area contributed by atoms with Gasteiger partial charge in [-0.25, -0.2) is 0 Å². The first-order valence-corrected chi connectivity index (χ1v) is 9.09. The lowest BCUT2D eigenvalue weighted by molar-refractivity contribution is -0.136. The van der Waals surface area contributed by atoms with Crippen LogP contribution in [0.2, 0.25) is 0 Å². The molecule has 2 aliphatic heterocycles. The van der Waals surface area contributed by atoms with E-state index in [2.05, 4.69) is 5.32 Å². The molecule has 2 heterocycles. The van der Waals surface area contributed by atoms with Gasteiger partial charge >= 0.3 is 0 Å². The van der Waals surface area contributed by atoms with Crippen LogP contribution in [0, 0.1) is 0 Å². The minimum absolute atomic E-state index is 0.0559. The first-order valence-electron chi connectivity index (χ1n) is 9.09. The number of nitrogens with zero attached hydrogens (tertiary/aromatic N) is 2. The lowest BCUT2D eigenvalue weighted by atomic mass is 10.0. The van der Waals surface area contributed by atoms with Crippen molar-refractivity contribution in [2.24, 2.45) is 11.5 Å². The van der Waals surface area contributed by atoms with Crippen LogP contribution in [-0.4, -0.2) is 47.7 Å². The molecular weight excluding hydrogens is 358 g/mol. The molecule has 150 valence electrons. The molecule has 0 aromatic carbocycles. The van der Waals surface area contributed by atoms with Crippen LogP contribution in [0.25, 0.3) is 0 Å². The van der Waals surface area contributed by atoms with Gasteiger partial charge in [0.2, 0.25) is 5.91 Å². The summed E-state index contributed by atoms with van der Waals surface area (Å²) < 4.78 is 0. The Morgan fingerprint density at radius 2 is 1.89 bits per heavy atom. The summed E-state index contributed by atoms with van der Waals surface area (Å²) in [5, 5.41) is 2.57. The van der Waals surface area contributed by atoms with Crippen LogP contribution < -0.4 is 16.8 Å². The van der Waals surface area contributed by atoms with Gasteiger partial charge in [0.25, 0.3) is 11.8 Å². The standard InChI is InChI=1S/C20H27N5O3/c1-4-5-7-13(2)15(21)9-10-16(22)23-17(26)12-25-11-6-8-14-18(25)20(28)24(3)19(14)27/h4-5,7,9-10H,6,8,11-12,21-22H2,1-3H3,(H,23,26)/b5-4+,13-7+,15-9-,16-10+. The zero-order valence-electron chi connectivity index (χ0n) is 16.5. The van der Waals surface area contributed by atoms with E-state index >= 15 is 0 Å². The van der Waals surface area contributed by atoms with Crippen molar-refractivity contribution in [3.8, 4) is 0 Å². The second-order valence-corrected chi connectivity index (χ2v) is 6.69. The van der Waals surface area contributed by atoms with E-state index in [9.17, 15) is 14.4 Å². The highest BCUT2D eigenvalue weighted by Gasteiger charge is 2.40. The summed E-state index contributed by atoms with van der Waals surface area (Å²) >= 11 is 0. The van der Waals surface area contributed by atoms with Crippen LogP contribution in [-0.2, 0) is 14.4 Å². The number of amides is 3. The Morgan fingerprint density at radius 3 is 2.57 bits per heavy atom. The normalized spacial score (nSPS) is 19.0. The molecule has 0 aromatic rings. The van der Waals surface area contributed by atoms with Gasteiger partial charge in [-0.15, -0.1) is 0 Å². The molecule has 2 rings (SSSR count). The van der Waals surface area contributed by atoms with Gasteiger partial charge in [0, 0.05) is 24.9 Å². The summed E-state index contributed by atoms with van der Waals surface area (Å²) in [6.45, 7) is 4.25. The molecule has 2 aliphatic rings. The number of carbonyl (C=O) groups excluding carboxylic acids is 3. The smallest absolute Gasteiger partial charge is 0.277 e. The van der Waals surface area contributed by atoms with Crippen LogP contribution in [0.15, 0.2) is 58.7 Å². The lowest BCUT2D eigenvalue weighted by Crippen LogP contribution is -2.41. The van der Waals surface area contributed by atoms with Gasteiger partial charge in [0.05, 0.1) is 6.54 Å². The van der Waals surface area contributed by atoms with Crippen molar-refractivity contribution in [2.75, 3.05) is 20.1 Å². The Kier molecular flexibility index (Phi) is 6.81. The van der Waals surface area contributed by atoms with Crippen LogP contribution in [0.4, 0.5) is 0 Å². The Balaban J connectivity index is 2.02. The number of likely N-dealkylation sites (N-methyl/N-ethyl adjacent to an activating group) is 1. The van der Waals surface area contributed by atoms with Crippen LogP contribution >= 0.6 is 0 Å². The molecule has 0 bridgehead atoms. The molecule has 0 saturated carbocycles. The van der Waals surface area contributed by atoms with Gasteiger partial charge in [0.15, 0.2) is 0 Å². The van der Waals surface area contributed by atoms with Crippen LogP contribution in [0.5, 0.6) is 0 Å². The third kappa shape index (κ3) is 4.70. The average molecular weight is 385 g/mol. The quantitative estimate of drug-likeness (QED) is 0.455. The van der Waals surface area contributed by atoms with Gasteiger partial charge in [-0.2, -0.15) is 0 Å². The van der Waals surface area contributed by atoms with Crippen molar-refractivity contribution in [1.82, 2.24) is 15.1 Å². The average Bonchev–Trinajstić information content (AvgIpc) is 2.89. The summed E-state index contributed by atoms with van der Waals surface area (Å²) in [5.74, 6) is -0.879. The molecule has 0 saturated heterocycles. The van der Waals surface area contributed by atoms with E-state index in [1.807, 2.05) is 32.1 Å². The molecule has 8 heteroatoms. The fraction of sp³-hybridized carbons (Fsp3) is 0.350. The molecule has 0 aliphatic carbocycles. The van der Waals surface area contributed by atoms with E-state index in [1.165, 1.54) is 13.1 Å². The molecule has 8 nitrogen and oxygen atoms in total. The Hall–Kier alpha value is -3.29. The molecule has 0 radical (unpaired) electrons. The fourth-order valence-corrected chi connectivity index (χ4v) is 3.02.